The molecule has 3 rings (SSSR count). The lowest BCUT2D eigenvalue weighted by Crippen LogP contribution is -2.32. The van der Waals surface area contributed by atoms with Crippen LogP contribution in [0.15, 0.2) is 28.8 Å². The van der Waals surface area contributed by atoms with Crippen molar-refractivity contribution in [3.63, 3.8) is 0 Å². The van der Waals surface area contributed by atoms with Crippen LogP contribution >= 0.6 is 24.0 Å². The van der Waals surface area contributed by atoms with Gasteiger partial charge in [0.15, 0.2) is 0 Å². The molecule has 108 valence electrons. The Bertz CT molecular complexity index is 579. The van der Waals surface area contributed by atoms with Gasteiger partial charge in [-0.25, -0.2) is 0 Å². The van der Waals surface area contributed by atoms with Crippen LogP contribution < -0.4 is 5.73 Å². The zero-order valence-corrected chi connectivity index (χ0v) is 12.6. The van der Waals surface area contributed by atoms with Crippen LogP contribution in [0.2, 0.25) is 5.02 Å². The van der Waals surface area contributed by atoms with Crippen LogP contribution in [0.3, 0.4) is 0 Å². The van der Waals surface area contributed by atoms with Gasteiger partial charge in [-0.15, -0.1) is 12.4 Å². The molecule has 20 heavy (non-hydrogen) atoms. The molecule has 0 spiro atoms. The summed E-state index contributed by atoms with van der Waals surface area (Å²) >= 11 is 5.98. The highest BCUT2D eigenvalue weighted by Gasteiger charge is 2.39. The number of halogens is 2. The van der Waals surface area contributed by atoms with Gasteiger partial charge in [0.2, 0.25) is 11.7 Å². The minimum atomic E-state index is -0.121. The summed E-state index contributed by atoms with van der Waals surface area (Å²) in [5, 5.41) is 4.73. The van der Waals surface area contributed by atoms with Gasteiger partial charge in [0.25, 0.3) is 0 Å². The Hall–Kier alpha value is -1.10. The van der Waals surface area contributed by atoms with Gasteiger partial charge in [-0.1, -0.05) is 41.7 Å². The number of aromatic nitrogens is 2. The summed E-state index contributed by atoms with van der Waals surface area (Å²) in [7, 11) is 0. The van der Waals surface area contributed by atoms with Gasteiger partial charge < -0.3 is 10.3 Å². The molecule has 2 aromatic rings. The highest BCUT2D eigenvalue weighted by atomic mass is 35.5. The molecule has 1 aliphatic rings. The maximum absolute atomic E-state index is 5.98. The summed E-state index contributed by atoms with van der Waals surface area (Å²) in [5.74, 6) is 1.25. The number of rotatable bonds is 3. The number of nitrogens with two attached hydrogens (primary N) is 1. The molecule has 0 unspecified atom stereocenters. The van der Waals surface area contributed by atoms with E-state index >= 15 is 0 Å². The topological polar surface area (TPSA) is 64.9 Å². The molecule has 1 aromatic heterocycles. The van der Waals surface area contributed by atoms with Crippen molar-refractivity contribution in [1.29, 1.82) is 0 Å². The van der Waals surface area contributed by atoms with Crippen molar-refractivity contribution in [1.82, 2.24) is 10.1 Å². The molecule has 4 nitrogen and oxygen atoms in total. The lowest BCUT2D eigenvalue weighted by atomic mass is 9.86. The second kappa shape index (κ2) is 6.12. The Morgan fingerprint density at radius 3 is 2.70 bits per heavy atom. The van der Waals surface area contributed by atoms with E-state index in [2.05, 4.69) is 10.1 Å². The fraction of sp³-hybridized carbons (Fsp3) is 0.429. The summed E-state index contributed by atoms with van der Waals surface area (Å²) in [6.07, 6.45) is 4.40. The first-order valence-electron chi connectivity index (χ1n) is 6.54. The first-order chi connectivity index (χ1) is 9.23. The minimum Gasteiger partial charge on any atom is -0.338 e. The van der Waals surface area contributed by atoms with Gasteiger partial charge in [-0.05, 0) is 25.0 Å². The second-order valence-corrected chi connectivity index (χ2v) is 5.56. The van der Waals surface area contributed by atoms with Crippen LogP contribution in [-0.2, 0) is 5.41 Å². The Kier molecular flexibility index (Phi) is 4.68. The normalized spacial score (nSPS) is 16.9. The van der Waals surface area contributed by atoms with E-state index < -0.39 is 0 Å². The Morgan fingerprint density at radius 2 is 2.05 bits per heavy atom. The Labute approximate surface area is 129 Å². The monoisotopic (exact) mass is 313 g/mol. The van der Waals surface area contributed by atoms with Crippen molar-refractivity contribution in [2.75, 3.05) is 6.54 Å². The predicted molar refractivity (Wildman–Crippen MR) is 81.2 cm³/mol. The maximum atomic E-state index is 5.98. The third-order valence-electron chi connectivity index (χ3n) is 3.91. The van der Waals surface area contributed by atoms with Gasteiger partial charge in [0.1, 0.15) is 0 Å². The third-order valence-corrected chi connectivity index (χ3v) is 4.15. The molecular weight excluding hydrogens is 297 g/mol. The Morgan fingerprint density at radius 1 is 1.30 bits per heavy atom. The molecular formula is C14H17Cl2N3O. The highest BCUT2D eigenvalue weighted by Crippen LogP contribution is 2.39. The maximum Gasteiger partial charge on any atom is 0.234 e. The number of hydrogen-bond acceptors (Lipinski definition) is 4. The van der Waals surface area contributed by atoms with Crippen molar-refractivity contribution < 1.29 is 4.52 Å². The molecule has 1 saturated carbocycles. The summed E-state index contributed by atoms with van der Waals surface area (Å²) in [6, 6.07) is 7.45. The van der Waals surface area contributed by atoms with Gasteiger partial charge in [0.05, 0.1) is 5.41 Å². The van der Waals surface area contributed by atoms with Gasteiger partial charge in [0, 0.05) is 17.1 Å². The third kappa shape index (κ3) is 2.68. The molecule has 1 heterocycles. The predicted octanol–water partition coefficient (Wildman–Crippen LogP) is 3.58. The molecule has 2 N–H and O–H groups in total. The van der Waals surface area contributed by atoms with Crippen LogP contribution in [0, 0.1) is 0 Å². The van der Waals surface area contributed by atoms with Crippen LogP contribution in [0.5, 0.6) is 0 Å². The molecule has 0 radical (unpaired) electrons. The van der Waals surface area contributed by atoms with E-state index in [0.717, 1.165) is 18.4 Å². The molecule has 0 amide bonds. The average Bonchev–Trinajstić information content (AvgIpc) is 3.08. The summed E-state index contributed by atoms with van der Waals surface area (Å²) < 4.78 is 5.45. The van der Waals surface area contributed by atoms with E-state index in [-0.39, 0.29) is 17.8 Å². The van der Waals surface area contributed by atoms with Gasteiger partial charge >= 0.3 is 0 Å². The van der Waals surface area contributed by atoms with Crippen LogP contribution in [0.25, 0.3) is 11.4 Å². The fourth-order valence-electron chi connectivity index (χ4n) is 2.74. The summed E-state index contributed by atoms with van der Waals surface area (Å²) in [4.78, 5) is 4.53. The van der Waals surface area contributed by atoms with Crippen molar-refractivity contribution in [2.24, 2.45) is 5.73 Å². The highest BCUT2D eigenvalue weighted by molar-refractivity contribution is 6.30. The standard InChI is InChI=1S/C14H16ClN3O.ClH/c15-11-5-3-4-10(8-11)12-17-13(19-18-12)14(9-16)6-1-2-7-14;/h3-5,8H,1-2,6-7,9,16H2;1H. The smallest absolute Gasteiger partial charge is 0.234 e. The van der Waals surface area contributed by atoms with Crippen molar-refractivity contribution >= 4 is 24.0 Å². The zero-order chi connectivity index (χ0) is 13.3. The molecule has 0 bridgehead atoms. The van der Waals surface area contributed by atoms with E-state index in [0.29, 0.717) is 23.3 Å². The first-order valence-corrected chi connectivity index (χ1v) is 6.91. The van der Waals surface area contributed by atoms with E-state index in [4.69, 9.17) is 21.9 Å². The lowest BCUT2D eigenvalue weighted by Gasteiger charge is -2.21. The molecule has 1 aliphatic carbocycles. The summed E-state index contributed by atoms with van der Waals surface area (Å²) in [5.41, 5.74) is 6.67. The Balaban J connectivity index is 0.00000147. The number of nitrogens with zero attached hydrogens (tertiary/aromatic N) is 2. The van der Waals surface area contributed by atoms with Gasteiger partial charge in [-0.2, -0.15) is 4.98 Å². The molecule has 0 aliphatic heterocycles. The SMILES string of the molecule is Cl.NCC1(c2nc(-c3cccc(Cl)c3)no2)CCCC1. The zero-order valence-electron chi connectivity index (χ0n) is 11.0. The average molecular weight is 314 g/mol. The minimum absolute atomic E-state index is 0. The van der Waals surface area contributed by atoms with Crippen molar-refractivity contribution in [2.45, 2.75) is 31.1 Å². The van der Waals surface area contributed by atoms with Crippen LogP contribution in [0.1, 0.15) is 31.6 Å². The summed E-state index contributed by atoms with van der Waals surface area (Å²) in [6.45, 7) is 0.560. The van der Waals surface area contributed by atoms with Crippen molar-refractivity contribution in [3.05, 3.63) is 35.2 Å². The van der Waals surface area contributed by atoms with E-state index in [1.54, 1.807) is 0 Å². The lowest BCUT2D eigenvalue weighted by molar-refractivity contribution is 0.284. The second-order valence-electron chi connectivity index (χ2n) is 5.13. The van der Waals surface area contributed by atoms with Crippen molar-refractivity contribution in [3.8, 4) is 11.4 Å². The molecule has 1 fully saturated rings. The molecule has 0 atom stereocenters. The quantitative estimate of drug-likeness (QED) is 0.940. The van der Waals surface area contributed by atoms with Crippen LogP contribution in [0.4, 0.5) is 0 Å². The van der Waals surface area contributed by atoms with E-state index in [9.17, 15) is 0 Å². The fourth-order valence-corrected chi connectivity index (χ4v) is 2.93. The van der Waals surface area contributed by atoms with Crippen LogP contribution in [-0.4, -0.2) is 16.7 Å². The molecule has 1 aromatic carbocycles. The number of hydrogen-bond donors (Lipinski definition) is 1. The molecule has 0 saturated heterocycles. The van der Waals surface area contributed by atoms with E-state index in [1.165, 1.54) is 12.8 Å². The van der Waals surface area contributed by atoms with Gasteiger partial charge in [-0.3, -0.25) is 0 Å². The number of benzene rings is 1. The largest absolute Gasteiger partial charge is 0.338 e. The first kappa shape index (κ1) is 15.3. The van der Waals surface area contributed by atoms with E-state index in [1.807, 2.05) is 24.3 Å². The molecule has 6 heteroatoms.